The maximum Gasteiger partial charge on any atom is 0.161 e. The predicted molar refractivity (Wildman–Crippen MR) is 108 cm³/mol. The van der Waals surface area contributed by atoms with Gasteiger partial charge in [-0.25, -0.2) is 0 Å². The second-order valence-electron chi connectivity index (χ2n) is 8.24. The Morgan fingerprint density at radius 2 is 0.760 bits per heavy atom. The smallest absolute Gasteiger partial charge is 0.161 e. The largest absolute Gasteiger partial charge is 0.385 e. The van der Waals surface area contributed by atoms with Crippen LogP contribution in [-0.2, 0) is 4.79 Å². The van der Waals surface area contributed by atoms with Crippen molar-refractivity contribution in [1.82, 2.24) is 0 Å². The summed E-state index contributed by atoms with van der Waals surface area (Å²) in [5.74, 6) is 0.0818. The molecule has 0 radical (unpaired) electrons. The minimum atomic E-state index is -0.693. The third kappa shape index (κ3) is 14.5. The Bertz CT molecular complexity index is 300. The number of carbonyl (C=O) groups is 1. The molecule has 1 unspecified atom stereocenters. The van der Waals surface area contributed by atoms with Crippen LogP contribution in [0.25, 0.3) is 0 Å². The maximum atomic E-state index is 11.9. The Balaban J connectivity index is 2.16. The molecule has 148 valence electrons. The Hall–Kier alpha value is -0.370. The number of Topliss-reactive ketones (excluding diaryl/α,β-unsaturated/α-hetero) is 1. The molecule has 2 nitrogen and oxygen atoms in total. The lowest BCUT2D eigenvalue weighted by atomic mass is 10.0. The fourth-order valence-electron chi connectivity index (χ4n) is 3.97. The van der Waals surface area contributed by atoms with E-state index in [2.05, 4.69) is 0 Å². The van der Waals surface area contributed by atoms with Gasteiger partial charge < -0.3 is 5.11 Å². The number of ketones is 1. The first-order chi connectivity index (χ1) is 12.3. The minimum absolute atomic E-state index is 0.0818. The van der Waals surface area contributed by atoms with Gasteiger partial charge >= 0.3 is 0 Å². The molecule has 1 rings (SSSR count). The van der Waals surface area contributed by atoms with Gasteiger partial charge in [-0.2, -0.15) is 0 Å². The molecule has 1 N–H and O–H groups in total. The van der Waals surface area contributed by atoms with Crippen molar-refractivity contribution < 1.29 is 9.90 Å². The third-order valence-electron chi connectivity index (χ3n) is 5.77. The van der Waals surface area contributed by atoms with Crippen LogP contribution in [0.15, 0.2) is 0 Å². The van der Waals surface area contributed by atoms with Gasteiger partial charge in [0.2, 0.25) is 0 Å². The molecular formula is C23H44O2. The molecular weight excluding hydrogens is 308 g/mol. The Morgan fingerprint density at radius 1 is 0.480 bits per heavy atom. The summed E-state index contributed by atoms with van der Waals surface area (Å²) in [5.41, 5.74) is 0. The zero-order valence-corrected chi connectivity index (χ0v) is 16.8. The molecule has 2 heteroatoms. The molecule has 0 heterocycles. The van der Waals surface area contributed by atoms with Crippen LogP contribution < -0.4 is 0 Å². The summed E-state index contributed by atoms with van der Waals surface area (Å²) in [5, 5.41) is 9.97. The summed E-state index contributed by atoms with van der Waals surface area (Å²) in [6.07, 6.45) is 25.5. The van der Waals surface area contributed by atoms with Crippen LogP contribution >= 0.6 is 0 Å². The predicted octanol–water partition coefficient (Wildman–Crippen LogP) is 7.12. The first kappa shape index (κ1) is 22.7. The number of hydrogen-bond acceptors (Lipinski definition) is 2. The lowest BCUT2D eigenvalue weighted by Gasteiger charge is -2.09. The molecule has 0 aromatic heterocycles. The normalized spacial score (nSPS) is 26.1. The first-order valence-electron chi connectivity index (χ1n) is 11.5. The van der Waals surface area contributed by atoms with E-state index in [1.54, 1.807) is 0 Å². The highest BCUT2D eigenvalue weighted by Crippen LogP contribution is 2.16. The van der Waals surface area contributed by atoms with E-state index >= 15 is 0 Å². The highest BCUT2D eigenvalue weighted by Gasteiger charge is 2.13. The molecule has 0 aromatic carbocycles. The molecule has 0 saturated heterocycles. The van der Waals surface area contributed by atoms with Crippen LogP contribution in [0.4, 0.5) is 0 Å². The summed E-state index contributed by atoms with van der Waals surface area (Å²) in [6.45, 7) is 0. The molecule has 1 fully saturated rings. The van der Waals surface area contributed by atoms with E-state index in [4.69, 9.17) is 0 Å². The van der Waals surface area contributed by atoms with Crippen molar-refractivity contribution in [3.05, 3.63) is 0 Å². The zero-order valence-electron chi connectivity index (χ0n) is 16.8. The lowest BCUT2D eigenvalue weighted by Crippen LogP contribution is -2.19. The van der Waals surface area contributed by atoms with Crippen LogP contribution in [0, 0.1) is 0 Å². The lowest BCUT2D eigenvalue weighted by molar-refractivity contribution is -0.127. The van der Waals surface area contributed by atoms with E-state index in [9.17, 15) is 9.90 Å². The minimum Gasteiger partial charge on any atom is -0.385 e. The fraction of sp³-hybridized carbons (Fsp3) is 0.957. The van der Waals surface area contributed by atoms with E-state index < -0.39 is 6.10 Å². The van der Waals surface area contributed by atoms with Crippen LogP contribution in [0.5, 0.6) is 0 Å². The van der Waals surface area contributed by atoms with Crippen molar-refractivity contribution in [3.8, 4) is 0 Å². The van der Waals surface area contributed by atoms with Crippen LogP contribution in [0.3, 0.4) is 0 Å². The quantitative estimate of drug-likeness (QED) is 0.504. The Kier molecular flexibility index (Phi) is 15.5. The summed E-state index contributed by atoms with van der Waals surface area (Å²) >= 11 is 0. The summed E-state index contributed by atoms with van der Waals surface area (Å²) in [7, 11) is 0. The van der Waals surface area contributed by atoms with E-state index in [1.165, 1.54) is 103 Å². The summed E-state index contributed by atoms with van der Waals surface area (Å²) < 4.78 is 0. The number of carbonyl (C=O) groups excluding carboxylic acids is 1. The second kappa shape index (κ2) is 17.1. The Labute approximate surface area is 157 Å². The first-order valence-corrected chi connectivity index (χ1v) is 11.5. The third-order valence-corrected chi connectivity index (χ3v) is 5.77. The summed E-state index contributed by atoms with van der Waals surface area (Å²) in [6, 6.07) is 0. The van der Waals surface area contributed by atoms with Gasteiger partial charge in [-0.15, -0.1) is 0 Å². The van der Waals surface area contributed by atoms with Crippen molar-refractivity contribution in [1.29, 1.82) is 0 Å². The highest BCUT2D eigenvalue weighted by molar-refractivity contribution is 5.82. The molecule has 0 aromatic rings. The number of hydrogen-bond donors (Lipinski definition) is 1. The maximum absolute atomic E-state index is 11.9. The Morgan fingerprint density at radius 3 is 1.12 bits per heavy atom. The van der Waals surface area contributed by atoms with Gasteiger partial charge in [0.25, 0.3) is 0 Å². The highest BCUT2D eigenvalue weighted by atomic mass is 16.3. The number of aliphatic hydroxyl groups is 1. The molecule has 0 aliphatic heterocycles. The fourth-order valence-corrected chi connectivity index (χ4v) is 3.97. The van der Waals surface area contributed by atoms with Crippen molar-refractivity contribution in [3.63, 3.8) is 0 Å². The van der Waals surface area contributed by atoms with Crippen molar-refractivity contribution >= 4 is 5.78 Å². The van der Waals surface area contributed by atoms with E-state index in [1.807, 2.05) is 0 Å². The van der Waals surface area contributed by atoms with E-state index in [0.29, 0.717) is 12.8 Å². The van der Waals surface area contributed by atoms with Crippen LogP contribution in [-0.4, -0.2) is 17.0 Å². The average molecular weight is 353 g/mol. The molecule has 25 heavy (non-hydrogen) atoms. The standard InChI is InChI=1S/C23H44O2/c24-22-20-18-16-14-12-10-8-6-4-2-1-3-5-7-9-11-13-15-17-19-21-23(22)25/h22,24H,1-21H2. The van der Waals surface area contributed by atoms with Crippen LogP contribution in [0.1, 0.15) is 135 Å². The van der Waals surface area contributed by atoms with E-state index in [0.717, 1.165) is 19.3 Å². The van der Waals surface area contributed by atoms with Gasteiger partial charge in [-0.1, -0.05) is 116 Å². The van der Waals surface area contributed by atoms with E-state index in [-0.39, 0.29) is 5.78 Å². The average Bonchev–Trinajstić information content (AvgIpc) is 2.61. The zero-order chi connectivity index (χ0) is 18.0. The topological polar surface area (TPSA) is 37.3 Å². The second-order valence-corrected chi connectivity index (χ2v) is 8.24. The monoisotopic (exact) mass is 352 g/mol. The number of aliphatic hydroxyl groups excluding tert-OH is 1. The molecule has 1 aliphatic rings. The number of rotatable bonds is 0. The van der Waals surface area contributed by atoms with Gasteiger partial charge in [0.1, 0.15) is 6.10 Å². The molecule has 1 atom stereocenters. The SMILES string of the molecule is O=C1CCCCCCCCCCCCCCCCCCCCCC1O. The van der Waals surface area contributed by atoms with Crippen molar-refractivity contribution in [2.24, 2.45) is 0 Å². The molecule has 0 amide bonds. The molecule has 0 bridgehead atoms. The van der Waals surface area contributed by atoms with Crippen molar-refractivity contribution in [2.45, 2.75) is 141 Å². The molecule has 0 spiro atoms. The van der Waals surface area contributed by atoms with Gasteiger partial charge in [-0.05, 0) is 12.8 Å². The van der Waals surface area contributed by atoms with Gasteiger partial charge in [0.05, 0.1) is 0 Å². The molecule has 1 saturated carbocycles. The van der Waals surface area contributed by atoms with Crippen molar-refractivity contribution in [2.75, 3.05) is 0 Å². The van der Waals surface area contributed by atoms with Gasteiger partial charge in [0.15, 0.2) is 5.78 Å². The van der Waals surface area contributed by atoms with Crippen LogP contribution in [0.2, 0.25) is 0 Å². The van der Waals surface area contributed by atoms with Gasteiger partial charge in [-0.3, -0.25) is 4.79 Å². The molecule has 1 aliphatic carbocycles. The summed E-state index contributed by atoms with van der Waals surface area (Å²) in [4.78, 5) is 11.9. The van der Waals surface area contributed by atoms with Gasteiger partial charge in [0, 0.05) is 6.42 Å².